The normalized spacial score (nSPS) is 11.0. The monoisotopic (exact) mass is 353 g/mol. The molecule has 0 aliphatic carbocycles. The van der Waals surface area contributed by atoms with Gasteiger partial charge in [0.05, 0.1) is 0 Å². The van der Waals surface area contributed by atoms with Crippen LogP contribution in [0, 0.1) is 20.8 Å². The number of nitrogens with zero attached hydrogens (tertiary/aromatic N) is 3. The quantitative estimate of drug-likeness (QED) is 0.606. The van der Waals surface area contributed by atoms with E-state index in [1.165, 1.54) is 22.3 Å². The van der Waals surface area contributed by atoms with Crippen LogP contribution < -0.4 is 0 Å². The highest BCUT2D eigenvalue weighted by molar-refractivity contribution is 7.98. The summed E-state index contributed by atoms with van der Waals surface area (Å²) in [7, 11) is 1.68. The van der Waals surface area contributed by atoms with Crippen LogP contribution in [0.2, 0.25) is 0 Å². The Kier molecular flexibility index (Phi) is 5.56. The lowest BCUT2D eigenvalue weighted by molar-refractivity contribution is 0.176. The minimum atomic E-state index is 0.436. The van der Waals surface area contributed by atoms with Crippen molar-refractivity contribution in [3.05, 3.63) is 70.5 Å². The summed E-state index contributed by atoms with van der Waals surface area (Å²) in [5.41, 5.74) is 6.38. The molecule has 4 nitrogen and oxygen atoms in total. The zero-order valence-electron chi connectivity index (χ0n) is 15.1. The number of hydrogen-bond donors (Lipinski definition) is 0. The smallest absolute Gasteiger partial charge is 0.196 e. The third-order valence-electron chi connectivity index (χ3n) is 4.17. The first kappa shape index (κ1) is 17.7. The molecule has 0 atom stereocenters. The molecule has 0 bridgehead atoms. The van der Waals surface area contributed by atoms with Crippen molar-refractivity contribution in [2.45, 2.75) is 38.3 Å². The van der Waals surface area contributed by atoms with Crippen LogP contribution in [0.25, 0.3) is 5.69 Å². The Balaban J connectivity index is 1.91. The molecule has 0 N–H and O–H groups in total. The molecule has 0 amide bonds. The summed E-state index contributed by atoms with van der Waals surface area (Å²) < 4.78 is 7.36. The second-order valence-corrected chi connectivity index (χ2v) is 7.11. The first-order valence-corrected chi connectivity index (χ1v) is 9.27. The minimum Gasteiger partial charge on any atom is -0.377 e. The van der Waals surface area contributed by atoms with Gasteiger partial charge in [-0.05, 0) is 49.6 Å². The Hall–Kier alpha value is -2.11. The lowest BCUT2D eigenvalue weighted by Gasteiger charge is -2.12. The lowest BCUT2D eigenvalue weighted by Crippen LogP contribution is -2.04. The Bertz CT molecular complexity index is 836. The van der Waals surface area contributed by atoms with Gasteiger partial charge in [-0.25, -0.2) is 0 Å². The second-order valence-electron chi connectivity index (χ2n) is 6.17. The molecular formula is C20H23N3OS. The number of thioether (sulfide) groups is 1. The summed E-state index contributed by atoms with van der Waals surface area (Å²) in [6.07, 6.45) is 0. The third-order valence-corrected chi connectivity index (χ3v) is 5.13. The predicted octanol–water partition coefficient (Wildman–Crippen LogP) is 4.63. The maximum atomic E-state index is 5.28. The maximum Gasteiger partial charge on any atom is 0.196 e. The van der Waals surface area contributed by atoms with E-state index < -0.39 is 0 Å². The Morgan fingerprint density at radius 2 is 1.68 bits per heavy atom. The zero-order valence-corrected chi connectivity index (χ0v) is 15.9. The molecule has 0 aliphatic heterocycles. The summed E-state index contributed by atoms with van der Waals surface area (Å²) in [5.74, 6) is 1.68. The number of aromatic nitrogens is 3. The number of para-hydroxylation sites is 1. The summed E-state index contributed by atoms with van der Waals surface area (Å²) in [6.45, 7) is 6.92. The number of ether oxygens (including phenoxy) is 1. The van der Waals surface area contributed by atoms with Crippen LogP contribution in [0.1, 0.15) is 28.1 Å². The summed E-state index contributed by atoms with van der Waals surface area (Å²) >= 11 is 1.71. The molecule has 0 saturated carbocycles. The topological polar surface area (TPSA) is 39.9 Å². The van der Waals surface area contributed by atoms with Gasteiger partial charge in [0.1, 0.15) is 6.61 Å². The van der Waals surface area contributed by atoms with Gasteiger partial charge in [0.25, 0.3) is 0 Å². The fourth-order valence-corrected chi connectivity index (χ4v) is 4.19. The number of benzene rings is 2. The number of aryl methyl sites for hydroxylation is 3. The van der Waals surface area contributed by atoms with Crippen molar-refractivity contribution in [3.63, 3.8) is 0 Å². The molecule has 3 aromatic rings. The molecule has 0 fully saturated rings. The third kappa shape index (κ3) is 3.94. The molecule has 1 heterocycles. The lowest BCUT2D eigenvalue weighted by atomic mass is 10.0. The van der Waals surface area contributed by atoms with E-state index in [-0.39, 0.29) is 0 Å². The number of rotatable bonds is 6. The number of methoxy groups -OCH3 is 1. The van der Waals surface area contributed by atoms with Crippen LogP contribution in [-0.2, 0) is 17.1 Å². The largest absolute Gasteiger partial charge is 0.377 e. The van der Waals surface area contributed by atoms with Crippen LogP contribution in [-0.4, -0.2) is 21.9 Å². The van der Waals surface area contributed by atoms with Gasteiger partial charge >= 0.3 is 0 Å². The standard InChI is InChI=1S/C20H23N3OS/c1-14-10-15(2)18(16(3)11-14)13-25-20-22-21-19(12-24-4)23(20)17-8-6-5-7-9-17/h5-11H,12-13H2,1-4H3. The Labute approximate surface area is 153 Å². The molecule has 3 rings (SSSR count). The fourth-order valence-electron chi connectivity index (χ4n) is 3.03. The van der Waals surface area contributed by atoms with Gasteiger partial charge in [0.15, 0.2) is 11.0 Å². The molecule has 5 heteroatoms. The van der Waals surface area contributed by atoms with Crippen LogP contribution >= 0.6 is 11.8 Å². The van der Waals surface area contributed by atoms with Gasteiger partial charge in [-0.15, -0.1) is 10.2 Å². The first-order chi connectivity index (χ1) is 12.1. The Morgan fingerprint density at radius 3 is 2.32 bits per heavy atom. The van der Waals surface area contributed by atoms with E-state index in [9.17, 15) is 0 Å². The van der Waals surface area contributed by atoms with Crippen LogP contribution in [0.3, 0.4) is 0 Å². The molecule has 1 aromatic heterocycles. The van der Waals surface area contributed by atoms with E-state index in [0.29, 0.717) is 6.61 Å². The van der Waals surface area contributed by atoms with E-state index >= 15 is 0 Å². The first-order valence-electron chi connectivity index (χ1n) is 8.28. The maximum absolute atomic E-state index is 5.28. The van der Waals surface area contributed by atoms with Gasteiger partial charge in [-0.3, -0.25) is 4.57 Å². The van der Waals surface area contributed by atoms with Crippen LogP contribution in [0.5, 0.6) is 0 Å². The average Bonchev–Trinajstić information content (AvgIpc) is 2.98. The van der Waals surface area contributed by atoms with E-state index in [2.05, 4.69) is 59.8 Å². The highest BCUT2D eigenvalue weighted by atomic mass is 32.2. The molecule has 0 aliphatic rings. The molecule has 2 aromatic carbocycles. The van der Waals surface area contributed by atoms with Crippen molar-refractivity contribution in [2.24, 2.45) is 0 Å². The molecule has 0 unspecified atom stereocenters. The van der Waals surface area contributed by atoms with Crippen molar-refractivity contribution in [1.29, 1.82) is 0 Å². The van der Waals surface area contributed by atoms with Gasteiger partial charge in [-0.2, -0.15) is 0 Å². The molecule has 0 saturated heterocycles. The van der Waals surface area contributed by atoms with Gasteiger partial charge < -0.3 is 4.74 Å². The van der Waals surface area contributed by atoms with Crippen molar-refractivity contribution in [2.75, 3.05) is 7.11 Å². The van der Waals surface area contributed by atoms with Crippen molar-refractivity contribution < 1.29 is 4.74 Å². The molecular weight excluding hydrogens is 330 g/mol. The highest BCUT2D eigenvalue weighted by Gasteiger charge is 2.15. The van der Waals surface area contributed by atoms with E-state index in [1.807, 2.05) is 18.2 Å². The average molecular weight is 353 g/mol. The van der Waals surface area contributed by atoms with Crippen molar-refractivity contribution >= 4 is 11.8 Å². The van der Waals surface area contributed by atoms with Gasteiger partial charge in [0, 0.05) is 18.6 Å². The second kappa shape index (κ2) is 7.85. The molecule has 0 spiro atoms. The Morgan fingerprint density at radius 1 is 1.00 bits per heavy atom. The van der Waals surface area contributed by atoms with Gasteiger partial charge in [0.2, 0.25) is 0 Å². The van der Waals surface area contributed by atoms with E-state index in [1.54, 1.807) is 18.9 Å². The van der Waals surface area contributed by atoms with Crippen molar-refractivity contribution in [3.8, 4) is 5.69 Å². The molecule has 25 heavy (non-hydrogen) atoms. The van der Waals surface area contributed by atoms with Crippen LogP contribution in [0.4, 0.5) is 0 Å². The minimum absolute atomic E-state index is 0.436. The fraction of sp³-hybridized carbons (Fsp3) is 0.300. The van der Waals surface area contributed by atoms with Gasteiger partial charge in [-0.1, -0.05) is 47.7 Å². The summed E-state index contributed by atoms with van der Waals surface area (Å²) in [5, 5.41) is 9.61. The zero-order chi connectivity index (χ0) is 17.8. The van der Waals surface area contributed by atoms with E-state index in [0.717, 1.165) is 22.4 Å². The summed E-state index contributed by atoms with van der Waals surface area (Å²) in [6, 6.07) is 14.7. The number of hydrogen-bond acceptors (Lipinski definition) is 4. The summed E-state index contributed by atoms with van der Waals surface area (Å²) in [4.78, 5) is 0. The predicted molar refractivity (Wildman–Crippen MR) is 102 cm³/mol. The van der Waals surface area contributed by atoms with Crippen molar-refractivity contribution in [1.82, 2.24) is 14.8 Å². The highest BCUT2D eigenvalue weighted by Crippen LogP contribution is 2.28. The van der Waals surface area contributed by atoms with Crippen LogP contribution in [0.15, 0.2) is 47.6 Å². The van der Waals surface area contributed by atoms with E-state index in [4.69, 9.17) is 4.74 Å². The molecule has 0 radical (unpaired) electrons. The SMILES string of the molecule is COCc1nnc(SCc2c(C)cc(C)cc2C)n1-c1ccccc1. The molecule has 130 valence electrons.